The van der Waals surface area contributed by atoms with Crippen LogP contribution in [-0.4, -0.2) is 43.0 Å². The SMILES string of the molecule is O=C(CN1CCNCC1c1cccc(Cl)c1)NC(C1CC1)C1CC1. The molecule has 4 rings (SSSR count). The Hall–Kier alpha value is -1.10. The summed E-state index contributed by atoms with van der Waals surface area (Å²) in [6.07, 6.45) is 5.17. The van der Waals surface area contributed by atoms with Crippen LogP contribution in [0.5, 0.6) is 0 Å². The maximum Gasteiger partial charge on any atom is 0.234 e. The van der Waals surface area contributed by atoms with Crippen molar-refractivity contribution in [2.75, 3.05) is 26.2 Å². The van der Waals surface area contributed by atoms with E-state index in [-0.39, 0.29) is 11.9 Å². The maximum absolute atomic E-state index is 12.6. The molecular formula is C19H26ClN3O. The molecular weight excluding hydrogens is 322 g/mol. The molecule has 5 heteroatoms. The summed E-state index contributed by atoms with van der Waals surface area (Å²) >= 11 is 6.15. The lowest BCUT2D eigenvalue weighted by Gasteiger charge is -2.36. The number of piperazine rings is 1. The summed E-state index contributed by atoms with van der Waals surface area (Å²) in [4.78, 5) is 14.9. The predicted molar refractivity (Wildman–Crippen MR) is 96.0 cm³/mol. The zero-order valence-electron chi connectivity index (χ0n) is 14.0. The summed E-state index contributed by atoms with van der Waals surface area (Å²) in [5.41, 5.74) is 1.18. The van der Waals surface area contributed by atoms with Crippen molar-refractivity contribution in [2.45, 2.75) is 37.8 Å². The van der Waals surface area contributed by atoms with E-state index in [0.29, 0.717) is 12.6 Å². The van der Waals surface area contributed by atoms with Gasteiger partial charge in [0.25, 0.3) is 0 Å². The van der Waals surface area contributed by atoms with Gasteiger partial charge in [-0.1, -0.05) is 23.7 Å². The molecule has 1 aliphatic heterocycles. The Kier molecular flexibility index (Phi) is 4.79. The van der Waals surface area contributed by atoms with E-state index in [9.17, 15) is 4.79 Å². The van der Waals surface area contributed by atoms with Crippen molar-refractivity contribution in [3.05, 3.63) is 34.9 Å². The zero-order chi connectivity index (χ0) is 16.5. The molecule has 2 aliphatic carbocycles. The minimum atomic E-state index is 0.188. The van der Waals surface area contributed by atoms with E-state index in [1.165, 1.54) is 31.2 Å². The summed E-state index contributed by atoms with van der Waals surface area (Å²) in [6, 6.07) is 8.65. The quantitative estimate of drug-likeness (QED) is 0.831. The van der Waals surface area contributed by atoms with Crippen LogP contribution in [0.3, 0.4) is 0 Å². The molecule has 1 aromatic rings. The van der Waals surface area contributed by atoms with Crippen LogP contribution >= 0.6 is 11.6 Å². The summed E-state index contributed by atoms with van der Waals surface area (Å²) < 4.78 is 0. The topological polar surface area (TPSA) is 44.4 Å². The van der Waals surface area contributed by atoms with Crippen molar-refractivity contribution in [3.63, 3.8) is 0 Å². The van der Waals surface area contributed by atoms with Gasteiger partial charge in [0.2, 0.25) is 5.91 Å². The summed E-state index contributed by atoms with van der Waals surface area (Å²) in [5.74, 6) is 1.68. The van der Waals surface area contributed by atoms with Gasteiger partial charge >= 0.3 is 0 Å². The molecule has 2 saturated carbocycles. The van der Waals surface area contributed by atoms with Crippen LogP contribution in [0.1, 0.15) is 37.3 Å². The number of hydrogen-bond donors (Lipinski definition) is 2. The van der Waals surface area contributed by atoms with E-state index in [4.69, 9.17) is 11.6 Å². The third-order valence-corrected chi connectivity index (χ3v) is 5.76. The number of carbonyl (C=O) groups excluding carboxylic acids is 1. The molecule has 4 nitrogen and oxygen atoms in total. The number of carbonyl (C=O) groups is 1. The Balaban J connectivity index is 1.40. The highest BCUT2D eigenvalue weighted by atomic mass is 35.5. The van der Waals surface area contributed by atoms with Gasteiger partial charge in [-0.25, -0.2) is 0 Å². The number of rotatable bonds is 6. The number of amides is 1. The molecule has 0 bridgehead atoms. The van der Waals surface area contributed by atoms with Gasteiger partial charge in [-0.15, -0.1) is 0 Å². The van der Waals surface area contributed by atoms with Gasteiger partial charge in [-0.3, -0.25) is 9.69 Å². The van der Waals surface area contributed by atoms with E-state index in [2.05, 4.69) is 21.6 Å². The molecule has 24 heavy (non-hydrogen) atoms. The largest absolute Gasteiger partial charge is 0.352 e. The highest BCUT2D eigenvalue weighted by molar-refractivity contribution is 6.30. The van der Waals surface area contributed by atoms with Crippen molar-refractivity contribution in [1.82, 2.24) is 15.5 Å². The van der Waals surface area contributed by atoms with E-state index in [1.54, 1.807) is 0 Å². The van der Waals surface area contributed by atoms with Crippen LogP contribution in [0.2, 0.25) is 5.02 Å². The van der Waals surface area contributed by atoms with Crippen LogP contribution in [0, 0.1) is 11.8 Å². The van der Waals surface area contributed by atoms with Crippen LogP contribution in [-0.2, 0) is 4.79 Å². The van der Waals surface area contributed by atoms with Gasteiger partial charge in [-0.2, -0.15) is 0 Å². The lowest BCUT2D eigenvalue weighted by atomic mass is 10.0. The second-order valence-corrected chi connectivity index (χ2v) is 7.95. The van der Waals surface area contributed by atoms with Crippen LogP contribution in [0.15, 0.2) is 24.3 Å². The molecule has 130 valence electrons. The van der Waals surface area contributed by atoms with Gasteiger partial charge in [0, 0.05) is 36.7 Å². The van der Waals surface area contributed by atoms with Crippen molar-refractivity contribution >= 4 is 17.5 Å². The molecule has 0 spiro atoms. The fourth-order valence-electron chi connectivity index (χ4n) is 3.93. The number of halogens is 1. The fourth-order valence-corrected chi connectivity index (χ4v) is 4.12. The maximum atomic E-state index is 12.6. The molecule has 1 heterocycles. The third kappa shape index (κ3) is 3.93. The van der Waals surface area contributed by atoms with Crippen LogP contribution in [0.4, 0.5) is 0 Å². The van der Waals surface area contributed by atoms with Crippen molar-refractivity contribution in [2.24, 2.45) is 11.8 Å². The van der Waals surface area contributed by atoms with Crippen LogP contribution < -0.4 is 10.6 Å². The Morgan fingerprint density at radius 2 is 2.04 bits per heavy atom. The average Bonchev–Trinajstić information content (AvgIpc) is 3.47. The Labute approximate surface area is 148 Å². The predicted octanol–water partition coefficient (Wildman–Crippen LogP) is 2.59. The molecule has 0 radical (unpaired) electrons. The number of nitrogens with zero attached hydrogens (tertiary/aromatic N) is 1. The fraction of sp³-hybridized carbons (Fsp3) is 0.632. The van der Waals surface area contributed by atoms with Crippen LogP contribution in [0.25, 0.3) is 0 Å². The van der Waals surface area contributed by atoms with Crippen molar-refractivity contribution in [3.8, 4) is 0 Å². The second-order valence-electron chi connectivity index (χ2n) is 7.51. The third-order valence-electron chi connectivity index (χ3n) is 5.52. The number of nitrogens with one attached hydrogen (secondary N) is 2. The van der Waals surface area contributed by atoms with Gasteiger partial charge in [0.15, 0.2) is 0 Å². The number of benzene rings is 1. The van der Waals surface area contributed by atoms with E-state index in [1.807, 2.05) is 18.2 Å². The minimum absolute atomic E-state index is 0.188. The zero-order valence-corrected chi connectivity index (χ0v) is 14.8. The van der Waals surface area contributed by atoms with E-state index >= 15 is 0 Å². The van der Waals surface area contributed by atoms with Gasteiger partial charge in [0.05, 0.1) is 6.54 Å². The molecule has 2 N–H and O–H groups in total. The summed E-state index contributed by atoms with van der Waals surface area (Å²) in [6.45, 7) is 3.16. The normalized spacial score (nSPS) is 25.0. The van der Waals surface area contributed by atoms with Crippen molar-refractivity contribution in [1.29, 1.82) is 0 Å². The summed E-state index contributed by atoms with van der Waals surface area (Å²) in [5, 5.41) is 7.54. The van der Waals surface area contributed by atoms with Gasteiger partial charge in [0.1, 0.15) is 0 Å². The Morgan fingerprint density at radius 3 is 2.71 bits per heavy atom. The first-order chi connectivity index (χ1) is 11.7. The molecule has 3 aliphatic rings. The lowest BCUT2D eigenvalue weighted by Crippen LogP contribution is -2.51. The van der Waals surface area contributed by atoms with Gasteiger partial charge in [-0.05, 0) is 55.2 Å². The average molecular weight is 348 g/mol. The first-order valence-corrected chi connectivity index (χ1v) is 9.58. The van der Waals surface area contributed by atoms with E-state index < -0.39 is 0 Å². The monoisotopic (exact) mass is 347 g/mol. The first kappa shape index (κ1) is 16.4. The highest BCUT2D eigenvalue weighted by Gasteiger charge is 2.42. The summed E-state index contributed by atoms with van der Waals surface area (Å²) in [7, 11) is 0. The standard InChI is InChI=1S/C19H26ClN3O/c20-16-3-1-2-15(10-16)17-11-21-8-9-23(17)12-18(24)22-19(13-4-5-13)14-6-7-14/h1-3,10,13-14,17,19,21H,4-9,11-12H2,(H,22,24). The Bertz CT molecular complexity index is 588. The number of hydrogen-bond acceptors (Lipinski definition) is 3. The minimum Gasteiger partial charge on any atom is -0.352 e. The molecule has 1 unspecified atom stereocenters. The second kappa shape index (κ2) is 7.03. The highest BCUT2D eigenvalue weighted by Crippen LogP contribution is 2.44. The molecule has 1 amide bonds. The molecule has 1 atom stereocenters. The van der Waals surface area contributed by atoms with Gasteiger partial charge < -0.3 is 10.6 Å². The molecule has 1 saturated heterocycles. The molecule has 3 fully saturated rings. The first-order valence-electron chi connectivity index (χ1n) is 9.20. The molecule has 0 aromatic heterocycles. The van der Waals surface area contributed by atoms with E-state index in [0.717, 1.165) is 36.5 Å². The Morgan fingerprint density at radius 1 is 1.29 bits per heavy atom. The lowest BCUT2D eigenvalue weighted by molar-refractivity contribution is -0.124. The smallest absolute Gasteiger partial charge is 0.234 e. The molecule has 1 aromatic carbocycles. The van der Waals surface area contributed by atoms with Crippen molar-refractivity contribution < 1.29 is 4.79 Å².